The van der Waals surface area contributed by atoms with Gasteiger partial charge in [-0.15, -0.1) is 12.4 Å². The molecule has 1 aromatic carbocycles. The number of nitrogens with two attached hydrogens (primary N) is 1. The number of ether oxygens (including phenoxy) is 1. The van der Waals surface area contributed by atoms with Crippen molar-refractivity contribution in [3.63, 3.8) is 0 Å². The Hall–Kier alpha value is -0.440. The number of hydrogen-bond acceptors (Lipinski definition) is 2. The minimum atomic E-state index is 0. The molecule has 0 saturated carbocycles. The van der Waals surface area contributed by atoms with Gasteiger partial charge in [0.05, 0.1) is 12.1 Å². The molecule has 1 atom stereocenters. The van der Waals surface area contributed by atoms with Crippen LogP contribution in [0.2, 0.25) is 5.02 Å². The van der Waals surface area contributed by atoms with Crippen LogP contribution >= 0.6 is 24.0 Å². The molecule has 0 fully saturated rings. The highest BCUT2D eigenvalue weighted by atomic mass is 35.5. The van der Waals surface area contributed by atoms with E-state index in [9.17, 15) is 0 Å². The van der Waals surface area contributed by atoms with Crippen LogP contribution < -0.4 is 10.5 Å². The fraction of sp³-hybridized carbons (Fsp3) is 0.600. The predicted molar refractivity (Wildman–Crippen MR) is 85.9 cm³/mol. The van der Waals surface area contributed by atoms with Crippen LogP contribution in [-0.4, -0.2) is 13.2 Å². The first-order valence-corrected chi connectivity index (χ1v) is 6.82. The molecule has 0 amide bonds. The van der Waals surface area contributed by atoms with Crippen molar-refractivity contribution in [2.45, 2.75) is 52.0 Å². The largest absolute Gasteiger partial charge is 0.495 e. The van der Waals surface area contributed by atoms with E-state index in [0.717, 1.165) is 24.2 Å². The second-order valence-electron chi connectivity index (χ2n) is 5.57. The zero-order valence-electron chi connectivity index (χ0n) is 12.4. The third kappa shape index (κ3) is 4.55. The maximum absolute atomic E-state index is 6.32. The first-order valence-electron chi connectivity index (χ1n) is 6.44. The number of benzene rings is 1. The quantitative estimate of drug-likeness (QED) is 0.878. The highest BCUT2D eigenvalue weighted by molar-refractivity contribution is 6.32. The van der Waals surface area contributed by atoms with Crippen LogP contribution in [0.4, 0.5) is 0 Å². The van der Waals surface area contributed by atoms with Gasteiger partial charge in [-0.1, -0.05) is 38.4 Å². The standard InChI is InChI=1S/C15H24ClNO.ClH/c1-6-15(3,4)12-8-11(7-10(2)17)14(18-5)13(16)9-12;/h8-10H,6-7,17H2,1-5H3;1H. The van der Waals surface area contributed by atoms with Gasteiger partial charge in [0.25, 0.3) is 0 Å². The Morgan fingerprint density at radius 2 is 1.95 bits per heavy atom. The minimum Gasteiger partial charge on any atom is -0.495 e. The average Bonchev–Trinajstić information content (AvgIpc) is 2.27. The molecule has 0 radical (unpaired) electrons. The molecule has 0 spiro atoms. The zero-order valence-corrected chi connectivity index (χ0v) is 14.0. The molecular weight excluding hydrogens is 281 g/mol. The normalized spacial score (nSPS) is 12.8. The van der Waals surface area contributed by atoms with E-state index in [-0.39, 0.29) is 23.9 Å². The summed E-state index contributed by atoms with van der Waals surface area (Å²) in [5.74, 6) is 0.754. The minimum absolute atomic E-state index is 0. The van der Waals surface area contributed by atoms with E-state index in [2.05, 4.69) is 26.8 Å². The van der Waals surface area contributed by atoms with Crippen molar-refractivity contribution in [1.82, 2.24) is 0 Å². The predicted octanol–water partition coefficient (Wildman–Crippen LogP) is 4.35. The Kier molecular flexibility index (Phi) is 7.20. The SMILES string of the molecule is CCC(C)(C)c1cc(Cl)c(OC)c(CC(C)N)c1.Cl. The molecule has 1 rings (SSSR count). The van der Waals surface area contributed by atoms with Gasteiger partial charge in [-0.25, -0.2) is 0 Å². The lowest BCUT2D eigenvalue weighted by molar-refractivity contribution is 0.407. The van der Waals surface area contributed by atoms with Gasteiger partial charge in [0.2, 0.25) is 0 Å². The molecule has 19 heavy (non-hydrogen) atoms. The Balaban J connectivity index is 0.00000324. The molecule has 0 aromatic heterocycles. The number of methoxy groups -OCH3 is 1. The van der Waals surface area contributed by atoms with Crippen LogP contribution in [0, 0.1) is 0 Å². The first-order chi connectivity index (χ1) is 8.31. The molecule has 0 aliphatic carbocycles. The highest BCUT2D eigenvalue weighted by Gasteiger charge is 2.21. The molecule has 0 aliphatic rings. The van der Waals surface area contributed by atoms with E-state index in [1.807, 2.05) is 13.0 Å². The molecule has 1 unspecified atom stereocenters. The van der Waals surface area contributed by atoms with Crippen molar-refractivity contribution in [3.05, 3.63) is 28.3 Å². The second kappa shape index (κ2) is 7.37. The van der Waals surface area contributed by atoms with E-state index in [0.29, 0.717) is 5.02 Å². The molecule has 0 aliphatic heterocycles. The van der Waals surface area contributed by atoms with Gasteiger partial charge in [-0.2, -0.15) is 0 Å². The Bertz CT molecular complexity index is 417. The molecule has 0 bridgehead atoms. The van der Waals surface area contributed by atoms with Crippen molar-refractivity contribution in [1.29, 1.82) is 0 Å². The Morgan fingerprint density at radius 1 is 1.37 bits per heavy atom. The summed E-state index contributed by atoms with van der Waals surface area (Å²) in [5, 5.41) is 0.673. The Labute approximate surface area is 128 Å². The fourth-order valence-corrected chi connectivity index (χ4v) is 2.29. The van der Waals surface area contributed by atoms with Crippen LogP contribution in [0.1, 0.15) is 45.2 Å². The van der Waals surface area contributed by atoms with Crippen LogP contribution in [0.5, 0.6) is 5.75 Å². The fourth-order valence-electron chi connectivity index (χ4n) is 1.97. The van der Waals surface area contributed by atoms with E-state index >= 15 is 0 Å². The van der Waals surface area contributed by atoms with E-state index in [4.69, 9.17) is 22.1 Å². The molecule has 2 N–H and O–H groups in total. The van der Waals surface area contributed by atoms with Crippen molar-refractivity contribution < 1.29 is 4.74 Å². The third-order valence-corrected chi connectivity index (χ3v) is 3.81. The molecule has 110 valence electrons. The van der Waals surface area contributed by atoms with Gasteiger partial charge in [-0.3, -0.25) is 0 Å². The molecular formula is C15H25Cl2NO. The van der Waals surface area contributed by atoms with Crippen LogP contribution in [0.25, 0.3) is 0 Å². The molecule has 0 heterocycles. The summed E-state index contributed by atoms with van der Waals surface area (Å²) in [7, 11) is 1.65. The maximum atomic E-state index is 6.32. The topological polar surface area (TPSA) is 35.2 Å². The van der Waals surface area contributed by atoms with E-state index in [1.54, 1.807) is 7.11 Å². The number of halogens is 2. The maximum Gasteiger partial charge on any atom is 0.140 e. The molecule has 1 aromatic rings. The van der Waals surface area contributed by atoms with Gasteiger partial charge in [0.1, 0.15) is 5.75 Å². The smallest absolute Gasteiger partial charge is 0.140 e. The van der Waals surface area contributed by atoms with Crippen molar-refractivity contribution in [2.24, 2.45) is 5.73 Å². The Morgan fingerprint density at radius 3 is 2.37 bits per heavy atom. The lowest BCUT2D eigenvalue weighted by Crippen LogP contribution is -2.20. The van der Waals surface area contributed by atoms with Crippen LogP contribution in [-0.2, 0) is 11.8 Å². The van der Waals surface area contributed by atoms with E-state index < -0.39 is 0 Å². The number of hydrogen-bond donors (Lipinski definition) is 1. The first kappa shape index (κ1) is 18.6. The summed E-state index contributed by atoms with van der Waals surface area (Å²) < 4.78 is 5.39. The van der Waals surface area contributed by atoms with Gasteiger partial charge in [0, 0.05) is 6.04 Å². The number of rotatable bonds is 5. The van der Waals surface area contributed by atoms with Gasteiger partial charge >= 0.3 is 0 Å². The van der Waals surface area contributed by atoms with Crippen molar-refractivity contribution >= 4 is 24.0 Å². The van der Waals surface area contributed by atoms with Gasteiger partial charge in [0.15, 0.2) is 0 Å². The van der Waals surface area contributed by atoms with E-state index in [1.165, 1.54) is 5.56 Å². The summed E-state index contributed by atoms with van der Waals surface area (Å²) in [4.78, 5) is 0. The van der Waals surface area contributed by atoms with Crippen molar-refractivity contribution in [3.8, 4) is 5.75 Å². The third-order valence-electron chi connectivity index (χ3n) is 3.53. The summed E-state index contributed by atoms with van der Waals surface area (Å²) in [6.07, 6.45) is 1.84. The second-order valence-corrected chi connectivity index (χ2v) is 5.98. The van der Waals surface area contributed by atoms with Crippen molar-refractivity contribution in [2.75, 3.05) is 7.11 Å². The van der Waals surface area contributed by atoms with Gasteiger partial charge in [-0.05, 0) is 42.4 Å². The summed E-state index contributed by atoms with van der Waals surface area (Å²) in [6, 6.07) is 4.28. The molecule has 4 heteroatoms. The molecule has 2 nitrogen and oxygen atoms in total. The summed E-state index contributed by atoms with van der Waals surface area (Å²) >= 11 is 6.32. The molecule has 0 saturated heterocycles. The summed E-state index contributed by atoms with van der Waals surface area (Å²) in [5.41, 5.74) is 8.34. The highest BCUT2D eigenvalue weighted by Crippen LogP contribution is 2.36. The summed E-state index contributed by atoms with van der Waals surface area (Å²) in [6.45, 7) is 8.62. The van der Waals surface area contributed by atoms with Gasteiger partial charge < -0.3 is 10.5 Å². The zero-order chi connectivity index (χ0) is 13.9. The average molecular weight is 306 g/mol. The van der Waals surface area contributed by atoms with Crippen LogP contribution in [0.15, 0.2) is 12.1 Å². The van der Waals surface area contributed by atoms with Crippen LogP contribution in [0.3, 0.4) is 0 Å². The lowest BCUT2D eigenvalue weighted by atomic mass is 9.81. The monoisotopic (exact) mass is 305 g/mol. The lowest BCUT2D eigenvalue weighted by Gasteiger charge is -2.25.